The molecule has 1 aromatic carbocycles. The van der Waals surface area contributed by atoms with Gasteiger partial charge in [0, 0.05) is 19.1 Å². The van der Waals surface area contributed by atoms with Crippen LogP contribution in [0, 0.1) is 11.3 Å². The lowest BCUT2D eigenvalue weighted by molar-refractivity contribution is 0.277. The predicted molar refractivity (Wildman–Crippen MR) is 78.3 cm³/mol. The van der Waals surface area contributed by atoms with Crippen LogP contribution in [-0.4, -0.2) is 23.2 Å². The lowest BCUT2D eigenvalue weighted by atomic mass is 9.96. The van der Waals surface area contributed by atoms with Gasteiger partial charge < -0.3 is 10.4 Å². The molecule has 0 fully saturated rings. The van der Waals surface area contributed by atoms with Crippen molar-refractivity contribution in [3.63, 3.8) is 0 Å². The van der Waals surface area contributed by atoms with Gasteiger partial charge in [-0.15, -0.1) is 0 Å². The largest absolute Gasteiger partial charge is 0.396 e. The molecule has 20 heavy (non-hydrogen) atoms. The average Bonchev–Trinajstić information content (AvgIpc) is 2.52. The molecule has 1 unspecified atom stereocenters. The molecule has 4 heteroatoms. The van der Waals surface area contributed by atoms with Gasteiger partial charge in [-0.25, -0.2) is 4.98 Å². The first-order valence-electron chi connectivity index (χ1n) is 6.60. The zero-order chi connectivity index (χ0) is 14.2. The molecule has 2 aromatic rings. The van der Waals surface area contributed by atoms with Gasteiger partial charge in [-0.3, -0.25) is 0 Å². The van der Waals surface area contributed by atoms with E-state index in [0.717, 1.165) is 0 Å². The minimum atomic E-state index is 0.146. The molecule has 102 valence electrons. The van der Waals surface area contributed by atoms with Crippen molar-refractivity contribution in [1.82, 2.24) is 4.98 Å². The Morgan fingerprint density at radius 1 is 1.15 bits per heavy atom. The standard InChI is InChI=1S/C16H17N3O/c17-11-15-7-4-8-16(19-15)18-12-14(9-10-20)13-5-2-1-3-6-13/h1-8,14,20H,9-10,12H2,(H,18,19). The van der Waals surface area contributed by atoms with Crippen LogP contribution in [0.1, 0.15) is 23.6 Å². The molecule has 2 N–H and O–H groups in total. The van der Waals surface area contributed by atoms with Gasteiger partial charge in [-0.1, -0.05) is 36.4 Å². The molecular formula is C16H17N3O. The number of aliphatic hydroxyl groups is 1. The van der Waals surface area contributed by atoms with Crippen molar-refractivity contribution < 1.29 is 5.11 Å². The minimum Gasteiger partial charge on any atom is -0.396 e. The van der Waals surface area contributed by atoms with E-state index in [1.165, 1.54) is 5.56 Å². The molecular weight excluding hydrogens is 250 g/mol. The molecule has 2 rings (SSSR count). The fraction of sp³-hybridized carbons (Fsp3) is 0.250. The Labute approximate surface area is 118 Å². The second kappa shape index (κ2) is 7.27. The van der Waals surface area contributed by atoms with E-state index in [2.05, 4.69) is 22.4 Å². The van der Waals surface area contributed by atoms with Crippen molar-refractivity contribution >= 4 is 5.82 Å². The number of pyridine rings is 1. The smallest absolute Gasteiger partial charge is 0.142 e. The van der Waals surface area contributed by atoms with Gasteiger partial charge in [0.2, 0.25) is 0 Å². The van der Waals surface area contributed by atoms with E-state index in [1.807, 2.05) is 30.3 Å². The van der Waals surface area contributed by atoms with E-state index in [4.69, 9.17) is 5.26 Å². The Morgan fingerprint density at radius 2 is 1.95 bits per heavy atom. The number of hydrogen-bond acceptors (Lipinski definition) is 4. The molecule has 1 atom stereocenters. The highest BCUT2D eigenvalue weighted by Crippen LogP contribution is 2.19. The molecule has 0 saturated heterocycles. The maximum absolute atomic E-state index is 9.19. The molecule has 0 radical (unpaired) electrons. The summed E-state index contributed by atoms with van der Waals surface area (Å²) in [5, 5.41) is 21.2. The maximum atomic E-state index is 9.19. The number of hydrogen-bond donors (Lipinski definition) is 2. The van der Waals surface area contributed by atoms with Crippen molar-refractivity contribution in [2.75, 3.05) is 18.5 Å². The predicted octanol–water partition coefficient (Wildman–Crippen LogP) is 2.53. The third-order valence-corrected chi connectivity index (χ3v) is 3.14. The number of benzene rings is 1. The summed E-state index contributed by atoms with van der Waals surface area (Å²) in [6.45, 7) is 0.819. The van der Waals surface area contributed by atoms with Gasteiger partial charge in [0.25, 0.3) is 0 Å². The SMILES string of the molecule is N#Cc1cccc(NCC(CCO)c2ccccc2)n1. The van der Waals surface area contributed by atoms with E-state index in [-0.39, 0.29) is 12.5 Å². The van der Waals surface area contributed by atoms with Crippen LogP contribution in [0.2, 0.25) is 0 Å². The summed E-state index contributed by atoms with van der Waals surface area (Å²) in [7, 11) is 0. The van der Waals surface area contributed by atoms with Crippen LogP contribution >= 0.6 is 0 Å². The highest BCUT2D eigenvalue weighted by Gasteiger charge is 2.10. The van der Waals surface area contributed by atoms with Gasteiger partial charge in [0.1, 0.15) is 17.6 Å². The first-order valence-corrected chi connectivity index (χ1v) is 6.60. The molecule has 0 bridgehead atoms. The number of nitriles is 1. The number of nitrogens with zero attached hydrogens (tertiary/aromatic N) is 2. The number of aromatic nitrogens is 1. The minimum absolute atomic E-state index is 0.146. The van der Waals surface area contributed by atoms with Gasteiger partial charge in [0.15, 0.2) is 0 Å². The monoisotopic (exact) mass is 267 g/mol. The summed E-state index contributed by atoms with van der Waals surface area (Å²) in [6, 6.07) is 17.4. The topological polar surface area (TPSA) is 68.9 Å². The molecule has 0 aliphatic heterocycles. The normalized spacial score (nSPS) is 11.6. The second-order valence-corrected chi connectivity index (χ2v) is 4.52. The van der Waals surface area contributed by atoms with Crippen LogP contribution in [0.4, 0.5) is 5.82 Å². The lowest BCUT2D eigenvalue weighted by Gasteiger charge is -2.17. The maximum Gasteiger partial charge on any atom is 0.142 e. The Bertz CT molecular complexity index is 578. The summed E-state index contributed by atoms with van der Waals surface area (Å²) in [6.07, 6.45) is 0.689. The fourth-order valence-corrected chi connectivity index (χ4v) is 2.09. The molecule has 0 amide bonds. The molecule has 1 heterocycles. The number of rotatable bonds is 6. The van der Waals surface area contributed by atoms with Gasteiger partial charge in [-0.2, -0.15) is 5.26 Å². The van der Waals surface area contributed by atoms with Crippen LogP contribution < -0.4 is 5.32 Å². The Morgan fingerprint density at radius 3 is 2.65 bits per heavy atom. The van der Waals surface area contributed by atoms with Crippen LogP contribution in [0.5, 0.6) is 0 Å². The molecule has 0 aliphatic carbocycles. The summed E-state index contributed by atoms with van der Waals surface area (Å²) in [5.74, 6) is 0.900. The Balaban J connectivity index is 2.04. The molecule has 4 nitrogen and oxygen atoms in total. The zero-order valence-corrected chi connectivity index (χ0v) is 11.2. The summed E-state index contributed by atoms with van der Waals surface area (Å²) < 4.78 is 0. The van der Waals surface area contributed by atoms with Crippen molar-refractivity contribution in [3.05, 3.63) is 59.8 Å². The van der Waals surface area contributed by atoms with Crippen molar-refractivity contribution in [3.8, 4) is 6.07 Å². The molecule has 0 spiro atoms. The molecule has 1 aromatic heterocycles. The highest BCUT2D eigenvalue weighted by molar-refractivity contribution is 5.39. The Hall–Kier alpha value is -2.38. The molecule has 0 aliphatic rings. The van der Waals surface area contributed by atoms with Gasteiger partial charge >= 0.3 is 0 Å². The number of anilines is 1. The van der Waals surface area contributed by atoms with Crippen LogP contribution in [0.25, 0.3) is 0 Å². The summed E-state index contributed by atoms with van der Waals surface area (Å²) in [4.78, 5) is 4.18. The first kappa shape index (κ1) is 14.0. The van der Waals surface area contributed by atoms with E-state index in [0.29, 0.717) is 24.5 Å². The van der Waals surface area contributed by atoms with Crippen LogP contribution in [0.15, 0.2) is 48.5 Å². The van der Waals surface area contributed by atoms with E-state index >= 15 is 0 Å². The third-order valence-electron chi connectivity index (χ3n) is 3.14. The van der Waals surface area contributed by atoms with Crippen molar-refractivity contribution in [2.45, 2.75) is 12.3 Å². The lowest BCUT2D eigenvalue weighted by Crippen LogP contribution is -2.15. The molecule has 0 saturated carbocycles. The van der Waals surface area contributed by atoms with Crippen LogP contribution in [-0.2, 0) is 0 Å². The van der Waals surface area contributed by atoms with E-state index < -0.39 is 0 Å². The van der Waals surface area contributed by atoms with E-state index in [9.17, 15) is 5.11 Å². The second-order valence-electron chi connectivity index (χ2n) is 4.52. The fourth-order valence-electron chi connectivity index (χ4n) is 2.09. The van der Waals surface area contributed by atoms with Gasteiger partial charge in [0.05, 0.1) is 0 Å². The average molecular weight is 267 g/mol. The van der Waals surface area contributed by atoms with Crippen LogP contribution in [0.3, 0.4) is 0 Å². The summed E-state index contributed by atoms with van der Waals surface area (Å²) >= 11 is 0. The zero-order valence-electron chi connectivity index (χ0n) is 11.2. The first-order chi connectivity index (χ1) is 9.83. The van der Waals surface area contributed by atoms with Crippen molar-refractivity contribution in [1.29, 1.82) is 5.26 Å². The van der Waals surface area contributed by atoms with Crippen molar-refractivity contribution in [2.24, 2.45) is 0 Å². The van der Waals surface area contributed by atoms with Gasteiger partial charge in [-0.05, 0) is 24.1 Å². The highest BCUT2D eigenvalue weighted by atomic mass is 16.3. The quantitative estimate of drug-likeness (QED) is 0.844. The number of nitrogens with one attached hydrogen (secondary N) is 1. The number of aliphatic hydroxyl groups excluding tert-OH is 1. The van der Waals surface area contributed by atoms with E-state index in [1.54, 1.807) is 12.1 Å². The Kier molecular flexibility index (Phi) is 5.10. The summed E-state index contributed by atoms with van der Waals surface area (Å²) in [5.41, 5.74) is 1.58. The third kappa shape index (κ3) is 3.81.